The van der Waals surface area contributed by atoms with Gasteiger partial charge in [-0.15, -0.1) is 0 Å². The summed E-state index contributed by atoms with van der Waals surface area (Å²) in [5.41, 5.74) is 0.635. The third-order valence-electron chi connectivity index (χ3n) is 2.51. The Morgan fingerprint density at radius 1 is 1.05 bits per heavy atom. The van der Waals surface area contributed by atoms with Gasteiger partial charge in [-0.05, 0) is 18.2 Å². The van der Waals surface area contributed by atoms with Crippen molar-refractivity contribution >= 4 is 21.6 Å². The summed E-state index contributed by atoms with van der Waals surface area (Å²) < 4.78 is 39.5. The number of aromatic hydroxyl groups is 1. The molecule has 0 aromatic heterocycles. The van der Waals surface area contributed by atoms with Crippen LogP contribution in [-0.2, 0) is 6.54 Å². The fraction of sp³-hybridized carbons (Fsp3) is 0.0769. The van der Waals surface area contributed by atoms with Crippen molar-refractivity contribution in [1.82, 2.24) is 0 Å². The van der Waals surface area contributed by atoms with Crippen LogP contribution in [0.2, 0.25) is 0 Å². The van der Waals surface area contributed by atoms with Gasteiger partial charge >= 0.3 is 0 Å². The Kier molecular flexibility index (Phi) is 3.99. The van der Waals surface area contributed by atoms with E-state index in [1.54, 1.807) is 12.1 Å². The topological polar surface area (TPSA) is 32.3 Å². The highest BCUT2D eigenvalue weighted by molar-refractivity contribution is 9.10. The lowest BCUT2D eigenvalue weighted by Crippen LogP contribution is -2.02. The van der Waals surface area contributed by atoms with Gasteiger partial charge in [-0.2, -0.15) is 0 Å². The van der Waals surface area contributed by atoms with Crippen molar-refractivity contribution in [3.8, 4) is 5.75 Å². The molecular formula is C13H9BrF3NO. The smallest absolute Gasteiger partial charge is 0.194 e. The van der Waals surface area contributed by atoms with Crippen molar-refractivity contribution in [2.75, 3.05) is 5.32 Å². The normalized spacial score (nSPS) is 10.5. The lowest BCUT2D eigenvalue weighted by atomic mass is 10.2. The average molecular weight is 332 g/mol. The van der Waals surface area contributed by atoms with Crippen LogP contribution < -0.4 is 5.32 Å². The van der Waals surface area contributed by atoms with Crippen LogP contribution in [0.25, 0.3) is 0 Å². The molecule has 0 spiro atoms. The number of phenols is 1. The predicted molar refractivity (Wildman–Crippen MR) is 69.4 cm³/mol. The third-order valence-corrected chi connectivity index (χ3v) is 3.00. The number of hydrogen-bond acceptors (Lipinski definition) is 2. The van der Waals surface area contributed by atoms with Gasteiger partial charge in [-0.3, -0.25) is 0 Å². The molecule has 2 aromatic carbocycles. The van der Waals surface area contributed by atoms with E-state index in [0.717, 1.165) is 16.6 Å². The molecule has 0 bridgehead atoms. The molecule has 2 rings (SSSR count). The van der Waals surface area contributed by atoms with Crippen LogP contribution in [0.1, 0.15) is 5.56 Å². The molecule has 0 aliphatic carbocycles. The summed E-state index contributed by atoms with van der Waals surface area (Å²) in [4.78, 5) is 0. The summed E-state index contributed by atoms with van der Waals surface area (Å²) >= 11 is 3.25. The van der Waals surface area contributed by atoms with E-state index in [4.69, 9.17) is 0 Å². The molecule has 2 nitrogen and oxygen atoms in total. The lowest BCUT2D eigenvalue weighted by Gasteiger charge is -2.09. The quantitative estimate of drug-likeness (QED) is 0.827. The van der Waals surface area contributed by atoms with Crippen molar-refractivity contribution in [2.45, 2.75) is 6.54 Å². The summed E-state index contributed by atoms with van der Waals surface area (Å²) in [5.74, 6) is -3.98. The minimum Gasteiger partial charge on any atom is -0.508 e. The van der Waals surface area contributed by atoms with E-state index in [-0.39, 0.29) is 18.0 Å². The van der Waals surface area contributed by atoms with E-state index in [0.29, 0.717) is 5.56 Å². The number of nitrogens with one attached hydrogen (secondary N) is 1. The number of benzene rings is 2. The molecule has 0 amide bonds. The van der Waals surface area contributed by atoms with Gasteiger partial charge in [-0.25, -0.2) is 13.2 Å². The van der Waals surface area contributed by atoms with Crippen LogP contribution in [0.15, 0.2) is 34.8 Å². The maximum Gasteiger partial charge on any atom is 0.194 e. The summed E-state index contributed by atoms with van der Waals surface area (Å²) in [6, 6.07) is 6.53. The highest BCUT2D eigenvalue weighted by atomic mass is 79.9. The third kappa shape index (κ3) is 3.20. The fourth-order valence-electron chi connectivity index (χ4n) is 1.55. The molecule has 2 N–H and O–H groups in total. The van der Waals surface area contributed by atoms with Gasteiger partial charge in [0.05, 0.1) is 0 Å². The predicted octanol–water partition coefficient (Wildman–Crippen LogP) is 4.18. The molecule has 0 atom stereocenters. The second-order valence-corrected chi connectivity index (χ2v) is 4.80. The lowest BCUT2D eigenvalue weighted by molar-refractivity contribution is 0.447. The van der Waals surface area contributed by atoms with E-state index in [1.165, 1.54) is 6.07 Å². The maximum absolute atomic E-state index is 13.0. The fourth-order valence-corrected chi connectivity index (χ4v) is 1.96. The molecule has 0 aliphatic rings. The van der Waals surface area contributed by atoms with Crippen LogP contribution in [0.3, 0.4) is 0 Å². The van der Waals surface area contributed by atoms with Gasteiger partial charge in [-0.1, -0.05) is 15.9 Å². The zero-order chi connectivity index (χ0) is 14.0. The number of hydrogen-bond donors (Lipinski definition) is 2. The molecule has 6 heteroatoms. The average Bonchev–Trinajstić information content (AvgIpc) is 2.37. The first-order valence-corrected chi connectivity index (χ1v) is 6.12. The molecule has 0 unspecified atom stereocenters. The van der Waals surface area contributed by atoms with Gasteiger partial charge in [0.1, 0.15) is 5.75 Å². The van der Waals surface area contributed by atoms with Crippen molar-refractivity contribution < 1.29 is 18.3 Å². The van der Waals surface area contributed by atoms with E-state index < -0.39 is 17.5 Å². The van der Waals surface area contributed by atoms with Gasteiger partial charge in [0.2, 0.25) is 0 Å². The standard InChI is InChI=1S/C13H9BrF3NO/c14-8-1-2-12(19)7(3-8)6-18-9-4-10(15)13(17)11(16)5-9/h1-5,18-19H,6H2. The Balaban J connectivity index is 2.17. The Morgan fingerprint density at radius 2 is 1.68 bits per heavy atom. The zero-order valence-electron chi connectivity index (χ0n) is 9.55. The van der Waals surface area contributed by atoms with Crippen molar-refractivity contribution in [1.29, 1.82) is 0 Å². The summed E-state index contributed by atoms with van der Waals surface area (Å²) in [5, 5.41) is 12.3. The Labute approximate surface area is 116 Å². The molecule has 0 heterocycles. The second kappa shape index (κ2) is 5.52. The number of phenolic OH excluding ortho intramolecular Hbond substituents is 1. The molecule has 19 heavy (non-hydrogen) atoms. The van der Waals surface area contributed by atoms with E-state index in [9.17, 15) is 18.3 Å². The van der Waals surface area contributed by atoms with Crippen LogP contribution >= 0.6 is 15.9 Å². The van der Waals surface area contributed by atoms with Crippen molar-refractivity contribution in [3.63, 3.8) is 0 Å². The monoisotopic (exact) mass is 331 g/mol. The minimum atomic E-state index is -1.50. The molecular weight excluding hydrogens is 323 g/mol. The van der Waals surface area contributed by atoms with Crippen molar-refractivity contribution in [2.24, 2.45) is 0 Å². The van der Waals surface area contributed by atoms with Gasteiger partial charge in [0, 0.05) is 34.4 Å². The largest absolute Gasteiger partial charge is 0.508 e. The number of rotatable bonds is 3. The number of anilines is 1. The summed E-state index contributed by atoms with van der Waals surface area (Å²) in [7, 11) is 0. The zero-order valence-corrected chi connectivity index (χ0v) is 11.1. The second-order valence-electron chi connectivity index (χ2n) is 3.88. The molecule has 0 fully saturated rings. The molecule has 0 aliphatic heterocycles. The Bertz CT molecular complexity index is 596. The van der Waals surface area contributed by atoms with Crippen LogP contribution in [-0.4, -0.2) is 5.11 Å². The first-order chi connectivity index (χ1) is 8.97. The van der Waals surface area contributed by atoms with E-state index in [2.05, 4.69) is 21.2 Å². The van der Waals surface area contributed by atoms with Crippen LogP contribution in [0.5, 0.6) is 5.75 Å². The van der Waals surface area contributed by atoms with E-state index in [1.807, 2.05) is 0 Å². The van der Waals surface area contributed by atoms with Crippen LogP contribution in [0, 0.1) is 17.5 Å². The summed E-state index contributed by atoms with van der Waals surface area (Å²) in [6.45, 7) is 0.149. The minimum absolute atomic E-state index is 0.0544. The maximum atomic E-state index is 13.0. The molecule has 100 valence electrons. The van der Waals surface area contributed by atoms with Crippen LogP contribution in [0.4, 0.5) is 18.9 Å². The number of halogens is 4. The Morgan fingerprint density at radius 3 is 2.32 bits per heavy atom. The van der Waals surface area contributed by atoms with Gasteiger partial charge in [0.15, 0.2) is 17.5 Å². The highest BCUT2D eigenvalue weighted by Gasteiger charge is 2.10. The molecule has 0 saturated carbocycles. The molecule has 0 radical (unpaired) electrons. The van der Waals surface area contributed by atoms with Gasteiger partial charge < -0.3 is 10.4 Å². The van der Waals surface area contributed by atoms with Crippen molar-refractivity contribution in [3.05, 3.63) is 57.8 Å². The first-order valence-electron chi connectivity index (χ1n) is 5.33. The summed E-state index contributed by atoms with van der Waals surface area (Å²) in [6.07, 6.45) is 0. The molecule has 2 aromatic rings. The van der Waals surface area contributed by atoms with E-state index >= 15 is 0 Å². The van der Waals surface area contributed by atoms with Gasteiger partial charge in [0.25, 0.3) is 0 Å². The highest BCUT2D eigenvalue weighted by Crippen LogP contribution is 2.24. The Hall–Kier alpha value is -1.69. The first kappa shape index (κ1) is 13.7. The SMILES string of the molecule is Oc1ccc(Br)cc1CNc1cc(F)c(F)c(F)c1. The molecule has 0 saturated heterocycles.